The van der Waals surface area contributed by atoms with Crippen molar-refractivity contribution in [2.45, 2.75) is 51.8 Å². The van der Waals surface area contributed by atoms with Crippen LogP contribution in [0.3, 0.4) is 0 Å². The molecule has 0 saturated carbocycles. The number of nitrogens with two attached hydrogens (primary N) is 1. The summed E-state index contributed by atoms with van der Waals surface area (Å²) in [7, 11) is 0. The van der Waals surface area contributed by atoms with Crippen LogP contribution in [0.1, 0.15) is 45.2 Å². The molecule has 0 aliphatic heterocycles. The number of ether oxygens (including phenoxy) is 1. The third kappa shape index (κ3) is 5.24. The zero-order valence-electron chi connectivity index (χ0n) is 12.7. The van der Waals surface area contributed by atoms with E-state index < -0.39 is 0 Å². The molecular weight excluding hydrogens is 248 g/mol. The molecule has 2 atom stereocenters. The van der Waals surface area contributed by atoms with Gasteiger partial charge in [0.25, 0.3) is 0 Å². The lowest BCUT2D eigenvalue weighted by Crippen LogP contribution is -2.35. The van der Waals surface area contributed by atoms with Gasteiger partial charge in [-0.25, -0.2) is 0 Å². The lowest BCUT2D eigenvalue weighted by atomic mass is 10.0. The molecule has 20 heavy (non-hydrogen) atoms. The Morgan fingerprint density at radius 2 is 1.95 bits per heavy atom. The fourth-order valence-corrected chi connectivity index (χ4v) is 2.10. The van der Waals surface area contributed by atoms with Crippen LogP contribution in [0.15, 0.2) is 24.3 Å². The van der Waals surface area contributed by atoms with Gasteiger partial charge >= 0.3 is 0 Å². The van der Waals surface area contributed by atoms with Crippen molar-refractivity contribution in [3.05, 3.63) is 29.8 Å². The quantitative estimate of drug-likeness (QED) is 0.717. The Bertz CT molecular complexity index is 420. The molecule has 0 aromatic heterocycles. The Hall–Kier alpha value is -1.50. The van der Waals surface area contributed by atoms with Crippen molar-refractivity contribution in [3.63, 3.8) is 0 Å². The van der Waals surface area contributed by atoms with E-state index in [0.717, 1.165) is 24.2 Å². The first-order valence-electron chi connectivity index (χ1n) is 7.29. The van der Waals surface area contributed by atoms with Gasteiger partial charge in [-0.05, 0) is 38.0 Å². The molecule has 1 aromatic carbocycles. The first kappa shape index (κ1) is 16.6. The molecule has 110 valence electrons. The van der Waals surface area contributed by atoms with Crippen molar-refractivity contribution in [2.75, 3.05) is 6.54 Å². The van der Waals surface area contributed by atoms with E-state index in [1.807, 2.05) is 38.1 Å². The smallest absolute Gasteiger partial charge is 0.119 e. The van der Waals surface area contributed by atoms with Crippen LogP contribution in [0, 0.1) is 12.3 Å². The van der Waals surface area contributed by atoms with Crippen molar-refractivity contribution in [2.24, 2.45) is 5.73 Å². The minimum absolute atomic E-state index is 0.0696. The first-order chi connectivity index (χ1) is 9.60. The minimum Gasteiger partial charge on any atom is -0.491 e. The summed E-state index contributed by atoms with van der Waals surface area (Å²) >= 11 is 0. The molecule has 0 spiro atoms. The Balaban J connectivity index is 2.72. The molecule has 1 rings (SSSR count). The van der Waals surface area contributed by atoms with Gasteiger partial charge in [0.15, 0.2) is 0 Å². The zero-order chi connectivity index (χ0) is 15.0. The van der Waals surface area contributed by atoms with E-state index in [9.17, 15) is 0 Å². The largest absolute Gasteiger partial charge is 0.491 e. The highest BCUT2D eigenvalue weighted by molar-refractivity contribution is 5.29. The van der Waals surface area contributed by atoms with Gasteiger partial charge in [0, 0.05) is 12.6 Å². The molecule has 0 bridgehead atoms. The molecule has 0 amide bonds. The van der Waals surface area contributed by atoms with Crippen LogP contribution in [-0.4, -0.2) is 18.7 Å². The van der Waals surface area contributed by atoms with E-state index in [-0.39, 0.29) is 18.2 Å². The van der Waals surface area contributed by atoms with Crippen LogP contribution >= 0.6 is 0 Å². The second-order valence-electron chi connectivity index (χ2n) is 5.20. The molecule has 0 radical (unpaired) electrons. The maximum absolute atomic E-state index is 5.86. The van der Waals surface area contributed by atoms with Gasteiger partial charge in [-0.15, -0.1) is 6.42 Å². The summed E-state index contributed by atoms with van der Waals surface area (Å²) in [6.45, 7) is 6.68. The van der Waals surface area contributed by atoms with Gasteiger partial charge in [0.1, 0.15) is 5.75 Å². The highest BCUT2D eigenvalue weighted by Gasteiger charge is 2.13. The molecule has 1 aromatic rings. The van der Waals surface area contributed by atoms with E-state index >= 15 is 0 Å². The van der Waals surface area contributed by atoms with Gasteiger partial charge in [0.05, 0.1) is 12.1 Å². The normalized spacial score (nSPS) is 13.8. The van der Waals surface area contributed by atoms with E-state index in [0.29, 0.717) is 6.54 Å². The molecule has 0 aliphatic rings. The molecule has 3 heteroatoms. The molecule has 0 aliphatic carbocycles. The van der Waals surface area contributed by atoms with Crippen LogP contribution in [0.2, 0.25) is 0 Å². The zero-order valence-corrected chi connectivity index (χ0v) is 12.7. The number of rotatable bonds is 8. The van der Waals surface area contributed by atoms with E-state index in [1.165, 1.54) is 0 Å². The minimum atomic E-state index is 0.0696. The molecule has 3 N–H and O–H groups in total. The Morgan fingerprint density at radius 1 is 1.30 bits per heavy atom. The number of nitrogens with one attached hydrogen (secondary N) is 1. The van der Waals surface area contributed by atoms with Gasteiger partial charge in [0.2, 0.25) is 0 Å². The number of hydrogen-bond donors (Lipinski definition) is 2. The van der Waals surface area contributed by atoms with Crippen molar-refractivity contribution in [3.8, 4) is 18.1 Å². The first-order valence-corrected chi connectivity index (χ1v) is 7.29. The Labute approximate surface area is 122 Å². The number of benzene rings is 1. The predicted molar refractivity (Wildman–Crippen MR) is 84.7 cm³/mol. The fraction of sp³-hybridized carbons (Fsp3) is 0.529. The van der Waals surface area contributed by atoms with E-state index in [4.69, 9.17) is 16.9 Å². The molecule has 2 unspecified atom stereocenters. The summed E-state index contributed by atoms with van der Waals surface area (Å²) in [4.78, 5) is 0. The summed E-state index contributed by atoms with van der Waals surface area (Å²) < 4.78 is 5.64. The Kier molecular flexibility index (Phi) is 7.14. The lowest BCUT2D eigenvalue weighted by molar-refractivity contribution is 0.242. The second kappa shape index (κ2) is 8.63. The maximum atomic E-state index is 5.86. The monoisotopic (exact) mass is 274 g/mol. The lowest BCUT2D eigenvalue weighted by Gasteiger charge is -2.22. The maximum Gasteiger partial charge on any atom is 0.119 e. The summed E-state index contributed by atoms with van der Waals surface area (Å²) in [5, 5.41) is 3.43. The molecular formula is C17H26N2O. The predicted octanol–water partition coefficient (Wildman–Crippen LogP) is 2.87. The van der Waals surface area contributed by atoms with E-state index in [1.54, 1.807) is 0 Å². The SMILES string of the molecule is C#CC(CCC)NC(CN)c1ccc(OC(C)C)cc1. The van der Waals surface area contributed by atoms with Crippen molar-refractivity contribution in [1.82, 2.24) is 5.32 Å². The fourth-order valence-electron chi connectivity index (χ4n) is 2.10. The highest BCUT2D eigenvalue weighted by Crippen LogP contribution is 2.19. The number of terminal acetylenes is 1. The average molecular weight is 274 g/mol. The highest BCUT2D eigenvalue weighted by atomic mass is 16.5. The van der Waals surface area contributed by atoms with Crippen LogP contribution in [-0.2, 0) is 0 Å². The Morgan fingerprint density at radius 3 is 2.40 bits per heavy atom. The summed E-state index contributed by atoms with van der Waals surface area (Å²) in [6, 6.07) is 8.19. The number of hydrogen-bond acceptors (Lipinski definition) is 3. The van der Waals surface area contributed by atoms with Crippen molar-refractivity contribution >= 4 is 0 Å². The third-order valence-electron chi connectivity index (χ3n) is 3.07. The molecule has 0 fully saturated rings. The van der Waals surface area contributed by atoms with Gasteiger partial charge in [-0.3, -0.25) is 5.32 Å². The van der Waals surface area contributed by atoms with E-state index in [2.05, 4.69) is 18.2 Å². The van der Waals surface area contributed by atoms with Crippen LogP contribution in [0.25, 0.3) is 0 Å². The van der Waals surface area contributed by atoms with Crippen LogP contribution < -0.4 is 15.8 Å². The van der Waals surface area contributed by atoms with Crippen molar-refractivity contribution in [1.29, 1.82) is 0 Å². The summed E-state index contributed by atoms with van der Waals surface area (Å²) in [5.41, 5.74) is 7.00. The molecule has 3 nitrogen and oxygen atoms in total. The van der Waals surface area contributed by atoms with Crippen LogP contribution in [0.4, 0.5) is 0 Å². The van der Waals surface area contributed by atoms with Gasteiger partial charge < -0.3 is 10.5 Å². The van der Waals surface area contributed by atoms with Crippen molar-refractivity contribution < 1.29 is 4.74 Å². The van der Waals surface area contributed by atoms with Gasteiger partial charge in [-0.2, -0.15) is 0 Å². The topological polar surface area (TPSA) is 47.3 Å². The molecule has 0 heterocycles. The second-order valence-corrected chi connectivity index (χ2v) is 5.20. The summed E-state index contributed by atoms with van der Waals surface area (Å²) in [6.07, 6.45) is 7.74. The standard InChI is InChI=1S/C17H26N2O/c1-5-7-15(6-2)19-17(12-18)14-8-10-16(11-9-14)20-13(3)4/h2,8-11,13,15,17,19H,5,7,12,18H2,1,3-4H3. The molecule has 0 saturated heterocycles. The van der Waals surface area contributed by atoms with Crippen LogP contribution in [0.5, 0.6) is 5.75 Å². The third-order valence-corrected chi connectivity index (χ3v) is 3.07. The van der Waals surface area contributed by atoms with Gasteiger partial charge in [-0.1, -0.05) is 31.4 Å². The average Bonchev–Trinajstić information content (AvgIpc) is 2.44. The summed E-state index contributed by atoms with van der Waals surface area (Å²) in [5.74, 6) is 3.66.